The molecule has 5 N–H and O–H groups in total. The number of aliphatic hydroxyl groups is 1. The van der Waals surface area contributed by atoms with E-state index in [1.807, 2.05) is 30.3 Å². The van der Waals surface area contributed by atoms with Crippen molar-refractivity contribution in [2.45, 2.75) is 38.1 Å². The zero-order valence-corrected chi connectivity index (χ0v) is 19.6. The minimum Gasteiger partial charge on any atom is -0.388 e. The summed E-state index contributed by atoms with van der Waals surface area (Å²) in [4.78, 5) is 48.4. The molecule has 2 aromatic carbocycles. The Labute approximate surface area is 205 Å². The Morgan fingerprint density at radius 1 is 0.857 bits per heavy atom. The van der Waals surface area contributed by atoms with Crippen LogP contribution in [-0.4, -0.2) is 54.2 Å². The van der Waals surface area contributed by atoms with Crippen LogP contribution in [0.1, 0.15) is 53.6 Å². The van der Waals surface area contributed by atoms with Gasteiger partial charge in [-0.1, -0.05) is 30.0 Å². The van der Waals surface area contributed by atoms with Gasteiger partial charge in [0.05, 0.1) is 0 Å². The normalized spacial score (nSPS) is 11.0. The predicted octanol–water partition coefficient (Wildman–Crippen LogP) is 1.34. The van der Waals surface area contributed by atoms with E-state index in [-0.39, 0.29) is 31.1 Å². The molecule has 2 aromatic rings. The number of hydrogen-bond acceptors (Lipinski definition) is 6. The van der Waals surface area contributed by atoms with Gasteiger partial charge in [0.1, 0.15) is 18.4 Å². The highest BCUT2D eigenvalue weighted by atomic mass is 16.3. The van der Waals surface area contributed by atoms with Gasteiger partial charge in [-0.15, -0.1) is 0 Å². The second-order valence-electron chi connectivity index (χ2n) is 7.93. The summed E-state index contributed by atoms with van der Waals surface area (Å²) in [5, 5.41) is 14.4. The smallest absolute Gasteiger partial charge is 0.251 e. The predicted molar refractivity (Wildman–Crippen MR) is 132 cm³/mol. The minimum atomic E-state index is -1.08. The van der Waals surface area contributed by atoms with Gasteiger partial charge in [0.15, 0.2) is 5.78 Å². The number of ketones is 2. The highest BCUT2D eigenvalue weighted by Crippen LogP contribution is 2.06. The topological polar surface area (TPSA) is 139 Å². The van der Waals surface area contributed by atoms with Crippen LogP contribution >= 0.6 is 0 Å². The molecule has 0 heterocycles. The van der Waals surface area contributed by atoms with Crippen molar-refractivity contribution in [3.05, 3.63) is 71.3 Å². The van der Waals surface area contributed by atoms with Gasteiger partial charge in [-0.3, -0.25) is 19.2 Å². The molecular formula is C27H31N3O5. The Hall–Kier alpha value is -3.80. The monoisotopic (exact) mass is 477 g/mol. The molecule has 0 aliphatic heterocycles. The summed E-state index contributed by atoms with van der Waals surface area (Å²) in [6.45, 7) is -0.485. The van der Waals surface area contributed by atoms with Crippen LogP contribution in [0, 0.1) is 11.8 Å². The van der Waals surface area contributed by atoms with Crippen LogP contribution in [0.25, 0.3) is 0 Å². The lowest BCUT2D eigenvalue weighted by atomic mass is 10.1. The third-order valence-electron chi connectivity index (χ3n) is 5.14. The van der Waals surface area contributed by atoms with Crippen LogP contribution < -0.4 is 16.4 Å². The molecule has 0 aliphatic carbocycles. The van der Waals surface area contributed by atoms with E-state index in [9.17, 15) is 24.3 Å². The summed E-state index contributed by atoms with van der Waals surface area (Å²) >= 11 is 0. The number of carbonyl (C=O) groups excluding carboxylic acids is 4. The first-order valence-corrected chi connectivity index (χ1v) is 11.5. The Bertz CT molecular complexity index is 1060. The maximum absolute atomic E-state index is 12.6. The molecule has 184 valence electrons. The van der Waals surface area contributed by atoms with Crippen LogP contribution in [0.4, 0.5) is 0 Å². The second kappa shape index (κ2) is 15.2. The summed E-state index contributed by atoms with van der Waals surface area (Å²) in [5.74, 6) is 4.63. The average molecular weight is 478 g/mol. The molecule has 0 spiro atoms. The van der Waals surface area contributed by atoms with E-state index in [0.29, 0.717) is 31.4 Å². The highest BCUT2D eigenvalue weighted by Gasteiger charge is 2.21. The maximum Gasteiger partial charge on any atom is 0.251 e. The molecule has 8 heteroatoms. The van der Waals surface area contributed by atoms with Crippen molar-refractivity contribution in [2.75, 3.05) is 19.7 Å². The van der Waals surface area contributed by atoms with Crippen LogP contribution in [0.2, 0.25) is 0 Å². The van der Waals surface area contributed by atoms with E-state index < -0.39 is 24.3 Å². The zero-order chi connectivity index (χ0) is 25.5. The molecule has 0 saturated heterocycles. The summed E-state index contributed by atoms with van der Waals surface area (Å²) in [5.41, 5.74) is 7.28. The second-order valence-corrected chi connectivity index (χ2v) is 7.93. The Morgan fingerprint density at radius 2 is 1.49 bits per heavy atom. The summed E-state index contributed by atoms with van der Waals surface area (Å²) in [7, 11) is 0. The van der Waals surface area contributed by atoms with Gasteiger partial charge in [-0.05, 0) is 55.8 Å². The highest BCUT2D eigenvalue weighted by molar-refractivity contribution is 5.98. The molecule has 0 aromatic heterocycles. The molecule has 0 fully saturated rings. The average Bonchev–Trinajstić information content (AvgIpc) is 2.88. The standard InChI is InChI=1S/C27H31N3O5/c28-17-5-9-23(32)8-4-10-26(34)29-18-24(25(33)19-31)30-27(35)22-15-13-21(14-16-22)12-11-20-6-2-1-3-7-20/h1-3,6-7,13-16,24,31H,4-5,8-10,17-19,28H2,(H,29,34)(H,30,35)/t24-/m0/s1. The molecule has 0 unspecified atom stereocenters. The molecule has 2 rings (SSSR count). The zero-order valence-electron chi connectivity index (χ0n) is 19.6. The fourth-order valence-electron chi connectivity index (χ4n) is 3.14. The third-order valence-corrected chi connectivity index (χ3v) is 5.14. The number of aliphatic hydroxyl groups excluding tert-OH is 1. The molecule has 0 bridgehead atoms. The Morgan fingerprint density at radius 3 is 2.11 bits per heavy atom. The van der Waals surface area contributed by atoms with Crippen molar-refractivity contribution in [2.24, 2.45) is 5.73 Å². The number of nitrogens with one attached hydrogen (secondary N) is 2. The SMILES string of the molecule is NCCCC(=O)CCCC(=O)NC[C@H](NC(=O)c1ccc(C#Cc2ccccc2)cc1)C(=O)CO. The van der Waals surface area contributed by atoms with E-state index in [1.54, 1.807) is 24.3 Å². The molecule has 2 amide bonds. The maximum atomic E-state index is 12.6. The van der Waals surface area contributed by atoms with Gasteiger partial charge in [0, 0.05) is 42.5 Å². The van der Waals surface area contributed by atoms with Crippen molar-refractivity contribution in [1.82, 2.24) is 10.6 Å². The largest absolute Gasteiger partial charge is 0.388 e. The third kappa shape index (κ3) is 10.3. The number of benzene rings is 2. The lowest BCUT2D eigenvalue weighted by molar-refractivity contribution is -0.124. The molecule has 1 atom stereocenters. The fourth-order valence-corrected chi connectivity index (χ4v) is 3.14. The van der Waals surface area contributed by atoms with Crippen molar-refractivity contribution in [1.29, 1.82) is 0 Å². The minimum absolute atomic E-state index is 0.0564. The molecular weight excluding hydrogens is 446 g/mol. The van der Waals surface area contributed by atoms with Gasteiger partial charge in [-0.25, -0.2) is 0 Å². The number of hydrogen-bond donors (Lipinski definition) is 4. The first-order valence-electron chi connectivity index (χ1n) is 11.5. The van der Waals surface area contributed by atoms with Crippen molar-refractivity contribution < 1.29 is 24.3 Å². The Balaban J connectivity index is 1.87. The van der Waals surface area contributed by atoms with E-state index in [2.05, 4.69) is 22.5 Å². The van der Waals surface area contributed by atoms with Crippen molar-refractivity contribution in [3.8, 4) is 11.8 Å². The van der Waals surface area contributed by atoms with Gasteiger partial charge in [0.25, 0.3) is 5.91 Å². The molecule has 0 saturated carbocycles. The van der Waals surface area contributed by atoms with Crippen LogP contribution in [0.5, 0.6) is 0 Å². The molecule has 0 radical (unpaired) electrons. The van der Waals surface area contributed by atoms with Gasteiger partial charge in [-0.2, -0.15) is 0 Å². The van der Waals surface area contributed by atoms with Crippen LogP contribution in [-0.2, 0) is 14.4 Å². The van der Waals surface area contributed by atoms with E-state index in [1.165, 1.54) is 0 Å². The molecule has 8 nitrogen and oxygen atoms in total. The summed E-state index contributed by atoms with van der Waals surface area (Å²) in [6, 6.07) is 15.0. The van der Waals surface area contributed by atoms with E-state index in [0.717, 1.165) is 11.1 Å². The molecule has 0 aliphatic rings. The fraction of sp³-hybridized carbons (Fsp3) is 0.333. The number of carbonyl (C=O) groups is 4. The summed E-state index contributed by atoms with van der Waals surface area (Å²) in [6.07, 6.45) is 1.82. The lowest BCUT2D eigenvalue weighted by Crippen LogP contribution is -2.49. The number of rotatable bonds is 13. The van der Waals surface area contributed by atoms with E-state index >= 15 is 0 Å². The number of nitrogens with two attached hydrogens (primary N) is 1. The van der Waals surface area contributed by atoms with Crippen LogP contribution in [0.3, 0.4) is 0 Å². The molecule has 35 heavy (non-hydrogen) atoms. The van der Waals surface area contributed by atoms with Crippen molar-refractivity contribution in [3.63, 3.8) is 0 Å². The van der Waals surface area contributed by atoms with E-state index in [4.69, 9.17) is 5.73 Å². The number of Topliss-reactive ketones (excluding diaryl/α,β-unsaturated/α-hetero) is 2. The van der Waals surface area contributed by atoms with Gasteiger partial charge in [0.2, 0.25) is 5.91 Å². The number of amides is 2. The van der Waals surface area contributed by atoms with Crippen molar-refractivity contribution >= 4 is 23.4 Å². The first-order chi connectivity index (χ1) is 16.9. The van der Waals surface area contributed by atoms with Gasteiger partial charge >= 0.3 is 0 Å². The van der Waals surface area contributed by atoms with Crippen LogP contribution in [0.15, 0.2) is 54.6 Å². The van der Waals surface area contributed by atoms with Gasteiger partial charge < -0.3 is 21.5 Å². The first kappa shape index (κ1) is 27.4. The quantitative estimate of drug-likeness (QED) is 0.321. The Kier molecular flexibility index (Phi) is 11.9. The lowest BCUT2D eigenvalue weighted by Gasteiger charge is -2.17. The summed E-state index contributed by atoms with van der Waals surface area (Å²) < 4.78 is 0.